The predicted octanol–water partition coefficient (Wildman–Crippen LogP) is 4.44. The number of carbonyl (C=O) groups is 1. The summed E-state index contributed by atoms with van der Waals surface area (Å²) in [6.07, 6.45) is -3.05. The summed E-state index contributed by atoms with van der Waals surface area (Å²) in [5, 5.41) is 24.4. The highest BCUT2D eigenvalue weighted by Crippen LogP contribution is 2.23. The molecule has 0 radical (unpaired) electrons. The van der Waals surface area contributed by atoms with E-state index in [1.807, 2.05) is 5.32 Å². The zero-order chi connectivity index (χ0) is 32.1. The average molecular weight is 424 g/mol. The Balaban J connectivity index is 2.06. The third kappa shape index (κ3) is 6.06. The Bertz CT molecular complexity index is 1580. The minimum absolute atomic E-state index is 0.0847. The van der Waals surface area contributed by atoms with Crippen LogP contribution in [0.1, 0.15) is 39.8 Å². The van der Waals surface area contributed by atoms with E-state index in [4.69, 9.17) is 29.4 Å². The highest BCUT2D eigenvalue weighted by molar-refractivity contribution is 6.30. The molecular formula is C23H23ClN2O3. The fourth-order valence-corrected chi connectivity index (χ4v) is 2.31. The highest BCUT2D eigenvalue weighted by Gasteiger charge is 2.07. The van der Waals surface area contributed by atoms with E-state index in [1.165, 1.54) is 18.2 Å². The minimum Gasteiger partial charge on any atom is -0.478 e. The smallest absolute Gasteiger partial charge is 0.335 e. The first-order valence-electron chi connectivity index (χ1n) is 14.6. The fraction of sp³-hybridized carbons (Fsp3) is 0.174. The molecule has 0 saturated carbocycles. The zero-order valence-corrected chi connectivity index (χ0v) is 15.5. The zero-order valence-electron chi connectivity index (χ0n) is 27.7. The molecule has 0 spiro atoms. The Hall–Kier alpha value is -2.86. The lowest BCUT2D eigenvalue weighted by Crippen LogP contribution is -2.26. The third-order valence-electron chi connectivity index (χ3n) is 3.43. The Kier molecular flexibility index (Phi) is 3.39. The van der Waals surface area contributed by atoms with Gasteiger partial charge in [-0.05, 0) is 53.0 Å². The van der Waals surface area contributed by atoms with Gasteiger partial charge in [0.1, 0.15) is 0 Å². The molecule has 3 aromatic rings. The molecule has 0 aromatic heterocycles. The summed E-state index contributed by atoms with van der Waals surface area (Å²) in [6, 6.07) is -1.94. The van der Waals surface area contributed by atoms with Crippen LogP contribution in [0.3, 0.4) is 0 Å². The Morgan fingerprint density at radius 3 is 2.72 bits per heavy atom. The number of carboxylic acids is 1. The second-order valence-electron chi connectivity index (χ2n) is 5.44. The van der Waals surface area contributed by atoms with Gasteiger partial charge in [0, 0.05) is 35.7 Å². The van der Waals surface area contributed by atoms with Crippen molar-refractivity contribution in [3.8, 4) is 11.1 Å². The molecule has 0 aliphatic rings. The molecule has 0 bridgehead atoms. The van der Waals surface area contributed by atoms with Crippen LogP contribution < -0.4 is 10.6 Å². The van der Waals surface area contributed by atoms with Gasteiger partial charge < -0.3 is 20.8 Å². The molecule has 0 aliphatic heterocycles. The van der Waals surface area contributed by atoms with Crippen molar-refractivity contribution in [3.05, 3.63) is 88.8 Å². The molecule has 150 valence electrons. The van der Waals surface area contributed by atoms with Gasteiger partial charge in [-0.1, -0.05) is 47.9 Å². The molecule has 3 rings (SSSR count). The number of carboxylic acid groups (broad SMARTS) is 1. The molecule has 0 amide bonds. The summed E-state index contributed by atoms with van der Waals surface area (Å²) in [5.74, 6) is -1.78. The van der Waals surface area contributed by atoms with E-state index in [2.05, 4.69) is 5.32 Å². The van der Waals surface area contributed by atoms with Crippen molar-refractivity contribution in [1.29, 1.82) is 0 Å². The van der Waals surface area contributed by atoms with Gasteiger partial charge in [-0.25, -0.2) is 4.79 Å². The lowest BCUT2D eigenvalue weighted by Gasteiger charge is -2.13. The van der Waals surface area contributed by atoms with E-state index in [0.29, 0.717) is 0 Å². The Labute approximate surface area is 193 Å². The van der Waals surface area contributed by atoms with Crippen LogP contribution >= 0.6 is 11.6 Å². The topological polar surface area (TPSA) is 81.6 Å². The van der Waals surface area contributed by atoms with Gasteiger partial charge in [-0.15, -0.1) is 0 Å². The van der Waals surface area contributed by atoms with Crippen LogP contribution in [0.2, 0.25) is 5.02 Å². The lowest BCUT2D eigenvalue weighted by molar-refractivity contribution is 0.0697. The average Bonchev–Trinajstić information content (AvgIpc) is 2.87. The summed E-state index contributed by atoms with van der Waals surface area (Å²) in [5.41, 5.74) is -3.29. The maximum atomic E-state index is 11.7. The number of hydrogen-bond donors (Lipinski definition) is 4. The number of halogens is 1. The maximum absolute atomic E-state index is 11.7. The van der Waals surface area contributed by atoms with Gasteiger partial charge in [-0.2, -0.15) is 0 Å². The van der Waals surface area contributed by atoms with Crippen LogP contribution in [0, 0.1) is 0 Å². The van der Waals surface area contributed by atoms with E-state index in [-0.39, 0.29) is 10.6 Å². The van der Waals surface area contributed by atoms with Crippen LogP contribution in [-0.4, -0.2) is 35.7 Å². The van der Waals surface area contributed by atoms with Crippen molar-refractivity contribution in [1.82, 2.24) is 5.32 Å². The van der Waals surface area contributed by atoms with Crippen LogP contribution in [0.15, 0.2) is 72.6 Å². The molecule has 5 nitrogen and oxygen atoms in total. The minimum atomic E-state index is -3.15. The quantitative estimate of drug-likeness (QED) is 0.409. The number of benzene rings is 3. The van der Waals surface area contributed by atoms with E-state index < -0.39 is 102 Å². The largest absolute Gasteiger partial charge is 0.478 e. The number of aliphatic hydroxyl groups is 1. The number of nitrogens with one attached hydrogen (secondary N) is 2. The monoisotopic (exact) mass is 423 g/mol. The summed E-state index contributed by atoms with van der Waals surface area (Å²) >= 11 is 5.86. The van der Waals surface area contributed by atoms with Crippen molar-refractivity contribution in [2.24, 2.45) is 0 Å². The van der Waals surface area contributed by atoms with Gasteiger partial charge in [0.2, 0.25) is 0 Å². The van der Waals surface area contributed by atoms with Crippen molar-refractivity contribution >= 4 is 23.3 Å². The molecule has 0 unspecified atom stereocenters. The van der Waals surface area contributed by atoms with E-state index in [0.717, 1.165) is 6.07 Å². The molecule has 6 heteroatoms. The van der Waals surface area contributed by atoms with Crippen molar-refractivity contribution < 1.29 is 32.8 Å². The molecule has 0 aliphatic carbocycles. The van der Waals surface area contributed by atoms with E-state index >= 15 is 0 Å². The summed E-state index contributed by atoms with van der Waals surface area (Å²) in [6.45, 7) is -6.90. The Morgan fingerprint density at radius 2 is 1.97 bits per heavy atom. The normalized spacial score (nSPS) is 20.3. The molecule has 29 heavy (non-hydrogen) atoms. The lowest BCUT2D eigenvalue weighted by atomic mass is 10.0. The van der Waals surface area contributed by atoms with Crippen molar-refractivity contribution in [2.75, 3.05) is 24.9 Å². The van der Waals surface area contributed by atoms with Crippen LogP contribution in [0.4, 0.5) is 5.69 Å². The summed E-state index contributed by atoms with van der Waals surface area (Å²) in [7, 11) is 0. The SMILES string of the molecule is [2H]c1c([2H])c(NCC([2H])([2H])NC([2H])([2H])[C@@]([2H])(O)c2cccc(Cl)c2)c([2H])c(-c2c([2H])c([2H])c([2H])c(C(=O)O)c2[2H])c1[2H]. The van der Waals surface area contributed by atoms with Gasteiger partial charge in [0.25, 0.3) is 0 Å². The van der Waals surface area contributed by atoms with Gasteiger partial charge >= 0.3 is 5.97 Å². The maximum Gasteiger partial charge on any atom is 0.335 e. The molecular weight excluding hydrogens is 388 g/mol. The van der Waals surface area contributed by atoms with Gasteiger partial charge in [-0.3, -0.25) is 0 Å². The Morgan fingerprint density at radius 1 is 1.21 bits per heavy atom. The molecule has 0 heterocycles. The van der Waals surface area contributed by atoms with Crippen LogP contribution in [0.25, 0.3) is 11.1 Å². The van der Waals surface area contributed by atoms with Crippen LogP contribution in [-0.2, 0) is 0 Å². The number of rotatable bonds is 9. The molecule has 1 atom stereocenters. The summed E-state index contributed by atoms with van der Waals surface area (Å²) < 4.78 is 106. The fourth-order valence-electron chi connectivity index (χ4n) is 2.12. The predicted molar refractivity (Wildman–Crippen MR) is 117 cm³/mol. The van der Waals surface area contributed by atoms with E-state index in [9.17, 15) is 15.0 Å². The third-order valence-corrected chi connectivity index (χ3v) is 3.67. The van der Waals surface area contributed by atoms with E-state index in [1.54, 1.807) is 0 Å². The first-order chi connectivity index (χ1) is 19.2. The standard InChI is InChI=1S/C23H23ClN2O3/c24-20-8-2-6-18(13-20)22(27)15-25-10-11-26-21-9-3-5-17(14-21)16-4-1-7-19(12-16)23(28)29/h1-9,12-14,22,25-27H,10-11,15H2,(H,28,29)/t22-/m1/s1/i1D,3D,4D,5D,7D,9D,10D2,12D,14D,15D2,22D. The molecule has 0 saturated heterocycles. The molecule has 4 N–H and O–H groups in total. The summed E-state index contributed by atoms with van der Waals surface area (Å²) in [4.78, 5) is 11.7. The van der Waals surface area contributed by atoms with Crippen molar-refractivity contribution in [3.63, 3.8) is 0 Å². The van der Waals surface area contributed by atoms with Gasteiger partial charge in [0.15, 0.2) is 0 Å². The van der Waals surface area contributed by atoms with Crippen molar-refractivity contribution in [2.45, 2.75) is 6.08 Å². The van der Waals surface area contributed by atoms with Crippen LogP contribution in [0.5, 0.6) is 0 Å². The second-order valence-corrected chi connectivity index (χ2v) is 5.88. The molecule has 0 fully saturated rings. The number of anilines is 1. The first-order valence-corrected chi connectivity index (χ1v) is 8.50. The first kappa shape index (κ1) is 9.76. The number of hydrogen-bond acceptors (Lipinski definition) is 4. The second kappa shape index (κ2) is 10.1. The molecule has 3 aromatic carbocycles. The highest BCUT2D eigenvalue weighted by atomic mass is 35.5. The van der Waals surface area contributed by atoms with Gasteiger partial charge in [0.05, 0.1) is 24.0 Å². The number of aromatic carboxylic acids is 1.